The van der Waals surface area contributed by atoms with Crippen LogP contribution < -0.4 is 16.0 Å². The SMILES string of the molecule is CCN(C(=O)C[C@H](NC(=O)c1cc(C)on1)C(=O)NCC(=O)NCc1ccc(F)cc1F)C(C)C. The molecule has 2 rings (SSSR count). The summed E-state index contributed by atoms with van der Waals surface area (Å²) in [5, 5.41) is 10.8. The standard InChI is InChI=1S/C23H29F2N5O5/c1-5-30(13(2)3)21(32)10-18(28-23(34)19-8-14(4)35-29-19)22(33)27-12-20(31)26-11-15-6-7-16(24)9-17(15)25/h6-9,13,18H,5,10-12H2,1-4H3,(H,26,31)(H,27,33)(H,28,34)/t18-/m0/s1. The number of hydrogen-bond donors (Lipinski definition) is 3. The van der Waals surface area contributed by atoms with Gasteiger partial charge in [-0.2, -0.15) is 0 Å². The Morgan fingerprint density at radius 2 is 1.83 bits per heavy atom. The van der Waals surface area contributed by atoms with Gasteiger partial charge in [-0.25, -0.2) is 8.78 Å². The van der Waals surface area contributed by atoms with Crippen LogP contribution in [0.15, 0.2) is 28.8 Å². The second kappa shape index (κ2) is 12.6. The lowest BCUT2D eigenvalue weighted by molar-refractivity contribution is -0.136. The number of aromatic nitrogens is 1. The molecule has 1 aromatic heterocycles. The van der Waals surface area contributed by atoms with Gasteiger partial charge in [0.05, 0.1) is 13.0 Å². The molecule has 0 saturated heterocycles. The third-order valence-electron chi connectivity index (χ3n) is 5.06. The number of carbonyl (C=O) groups excluding carboxylic acids is 4. The Hall–Kier alpha value is -3.83. The van der Waals surface area contributed by atoms with Crippen molar-refractivity contribution in [3.63, 3.8) is 0 Å². The third-order valence-corrected chi connectivity index (χ3v) is 5.06. The van der Waals surface area contributed by atoms with Crippen molar-refractivity contribution >= 4 is 23.6 Å². The van der Waals surface area contributed by atoms with Gasteiger partial charge in [-0.05, 0) is 33.8 Å². The van der Waals surface area contributed by atoms with E-state index in [0.717, 1.165) is 6.07 Å². The molecule has 0 radical (unpaired) electrons. The second-order valence-electron chi connectivity index (χ2n) is 8.06. The van der Waals surface area contributed by atoms with E-state index in [-0.39, 0.29) is 36.2 Å². The summed E-state index contributed by atoms with van der Waals surface area (Å²) in [5.41, 5.74) is 0.00100. The molecule has 10 nitrogen and oxygen atoms in total. The van der Waals surface area contributed by atoms with Gasteiger partial charge in [0, 0.05) is 36.8 Å². The van der Waals surface area contributed by atoms with Crippen molar-refractivity contribution in [2.45, 2.75) is 52.7 Å². The molecule has 0 saturated carbocycles. The zero-order chi connectivity index (χ0) is 26.1. The van der Waals surface area contributed by atoms with Gasteiger partial charge in [0.15, 0.2) is 5.69 Å². The van der Waals surface area contributed by atoms with Gasteiger partial charge in [-0.15, -0.1) is 0 Å². The molecule has 0 aliphatic carbocycles. The van der Waals surface area contributed by atoms with E-state index < -0.39 is 41.9 Å². The molecule has 0 fully saturated rings. The minimum absolute atomic E-state index is 0.0666. The molecule has 0 aliphatic heterocycles. The highest BCUT2D eigenvalue weighted by Gasteiger charge is 2.28. The maximum absolute atomic E-state index is 13.7. The van der Waals surface area contributed by atoms with E-state index in [1.165, 1.54) is 17.0 Å². The van der Waals surface area contributed by atoms with Crippen molar-refractivity contribution in [1.29, 1.82) is 0 Å². The van der Waals surface area contributed by atoms with Crippen molar-refractivity contribution in [3.8, 4) is 0 Å². The van der Waals surface area contributed by atoms with E-state index in [1.54, 1.807) is 13.8 Å². The Kier molecular flexibility index (Phi) is 9.86. The number of halogens is 2. The topological polar surface area (TPSA) is 134 Å². The first kappa shape index (κ1) is 27.4. The number of rotatable bonds is 11. The van der Waals surface area contributed by atoms with E-state index in [9.17, 15) is 28.0 Å². The molecule has 2 aromatic rings. The molecule has 190 valence electrons. The van der Waals surface area contributed by atoms with Gasteiger partial charge in [0.25, 0.3) is 5.91 Å². The van der Waals surface area contributed by atoms with E-state index >= 15 is 0 Å². The summed E-state index contributed by atoms with van der Waals surface area (Å²) in [6, 6.07) is 2.91. The lowest BCUT2D eigenvalue weighted by atomic mass is 10.1. The molecule has 1 aromatic carbocycles. The van der Waals surface area contributed by atoms with Crippen molar-refractivity contribution in [2.24, 2.45) is 0 Å². The zero-order valence-corrected chi connectivity index (χ0v) is 20.0. The van der Waals surface area contributed by atoms with Gasteiger partial charge in [-0.3, -0.25) is 19.2 Å². The van der Waals surface area contributed by atoms with Gasteiger partial charge in [0.2, 0.25) is 17.7 Å². The summed E-state index contributed by atoms with van der Waals surface area (Å²) >= 11 is 0. The molecule has 3 N–H and O–H groups in total. The molecule has 35 heavy (non-hydrogen) atoms. The fourth-order valence-electron chi connectivity index (χ4n) is 3.25. The first-order chi connectivity index (χ1) is 16.5. The van der Waals surface area contributed by atoms with E-state index in [4.69, 9.17) is 4.52 Å². The summed E-state index contributed by atoms with van der Waals surface area (Å²) in [4.78, 5) is 51.7. The van der Waals surface area contributed by atoms with Crippen molar-refractivity contribution in [3.05, 3.63) is 52.9 Å². The van der Waals surface area contributed by atoms with Crippen molar-refractivity contribution in [1.82, 2.24) is 26.0 Å². The highest BCUT2D eigenvalue weighted by atomic mass is 19.1. The van der Waals surface area contributed by atoms with Crippen LogP contribution in [0.4, 0.5) is 8.78 Å². The Morgan fingerprint density at radius 1 is 1.11 bits per heavy atom. The average molecular weight is 494 g/mol. The van der Waals surface area contributed by atoms with Gasteiger partial charge in [0.1, 0.15) is 23.4 Å². The lowest BCUT2D eigenvalue weighted by Gasteiger charge is -2.27. The Bertz CT molecular complexity index is 1070. The molecule has 0 spiro atoms. The number of benzene rings is 1. The number of hydrogen-bond acceptors (Lipinski definition) is 6. The summed E-state index contributed by atoms with van der Waals surface area (Å²) in [6.45, 7) is 6.72. The second-order valence-corrected chi connectivity index (χ2v) is 8.06. The van der Waals surface area contributed by atoms with Crippen LogP contribution in [0.2, 0.25) is 0 Å². The zero-order valence-electron chi connectivity index (χ0n) is 20.0. The summed E-state index contributed by atoms with van der Waals surface area (Å²) in [6.07, 6.45) is -0.344. The minimum atomic E-state index is -1.29. The first-order valence-corrected chi connectivity index (χ1v) is 11.0. The van der Waals surface area contributed by atoms with Crippen LogP contribution in [-0.4, -0.2) is 58.9 Å². The summed E-state index contributed by atoms with van der Waals surface area (Å²) in [7, 11) is 0. The van der Waals surface area contributed by atoms with Gasteiger partial charge < -0.3 is 25.4 Å². The summed E-state index contributed by atoms with van der Waals surface area (Å²) in [5.74, 6) is -3.68. The third kappa shape index (κ3) is 8.16. The van der Waals surface area contributed by atoms with Crippen LogP contribution in [-0.2, 0) is 20.9 Å². The van der Waals surface area contributed by atoms with E-state index in [1.807, 2.05) is 13.8 Å². The maximum atomic E-state index is 13.7. The average Bonchev–Trinajstić information content (AvgIpc) is 3.23. The van der Waals surface area contributed by atoms with Gasteiger partial charge >= 0.3 is 0 Å². The predicted molar refractivity (Wildman–Crippen MR) is 121 cm³/mol. The Balaban J connectivity index is 2.02. The molecule has 12 heteroatoms. The number of aryl methyl sites for hydroxylation is 1. The number of carbonyl (C=O) groups is 4. The quantitative estimate of drug-likeness (QED) is 0.434. The molecule has 4 amide bonds. The van der Waals surface area contributed by atoms with Crippen LogP contribution >= 0.6 is 0 Å². The largest absolute Gasteiger partial charge is 0.361 e. The highest BCUT2D eigenvalue weighted by Crippen LogP contribution is 2.09. The van der Waals surface area contributed by atoms with Crippen LogP contribution in [0.25, 0.3) is 0 Å². The number of nitrogens with one attached hydrogen (secondary N) is 3. The number of nitrogens with zero attached hydrogens (tertiary/aromatic N) is 2. The lowest BCUT2D eigenvalue weighted by Crippen LogP contribution is -2.51. The van der Waals surface area contributed by atoms with E-state index in [2.05, 4.69) is 21.1 Å². The van der Waals surface area contributed by atoms with Crippen LogP contribution in [0.1, 0.15) is 49.0 Å². The first-order valence-electron chi connectivity index (χ1n) is 11.0. The molecular weight excluding hydrogens is 464 g/mol. The number of amides is 4. The van der Waals surface area contributed by atoms with Crippen LogP contribution in [0.3, 0.4) is 0 Å². The molecule has 0 unspecified atom stereocenters. The van der Waals surface area contributed by atoms with Crippen LogP contribution in [0.5, 0.6) is 0 Å². The fourth-order valence-corrected chi connectivity index (χ4v) is 3.25. The molecule has 1 atom stereocenters. The van der Waals surface area contributed by atoms with E-state index in [0.29, 0.717) is 18.4 Å². The molecule has 0 aliphatic rings. The fraction of sp³-hybridized carbons (Fsp3) is 0.435. The predicted octanol–water partition coefficient (Wildman–Crippen LogP) is 1.44. The smallest absolute Gasteiger partial charge is 0.274 e. The molecule has 1 heterocycles. The molecule has 0 bridgehead atoms. The van der Waals surface area contributed by atoms with Gasteiger partial charge in [-0.1, -0.05) is 11.2 Å². The minimum Gasteiger partial charge on any atom is -0.361 e. The van der Waals surface area contributed by atoms with Crippen molar-refractivity contribution < 1.29 is 32.5 Å². The molecular formula is C23H29F2N5O5. The van der Waals surface area contributed by atoms with Crippen molar-refractivity contribution in [2.75, 3.05) is 13.1 Å². The summed E-state index contributed by atoms with van der Waals surface area (Å²) < 4.78 is 31.6. The normalized spacial score (nSPS) is 11.6. The Morgan fingerprint density at radius 3 is 2.40 bits per heavy atom. The monoisotopic (exact) mass is 493 g/mol. The Labute approximate surface area is 201 Å². The maximum Gasteiger partial charge on any atom is 0.274 e. The highest BCUT2D eigenvalue weighted by molar-refractivity contribution is 5.98. The van der Waals surface area contributed by atoms with Crippen LogP contribution in [0, 0.1) is 18.6 Å².